The first-order chi connectivity index (χ1) is 13.7. The summed E-state index contributed by atoms with van der Waals surface area (Å²) in [7, 11) is 3.21. The molecule has 0 aliphatic heterocycles. The summed E-state index contributed by atoms with van der Waals surface area (Å²) in [6, 6.07) is 19.4. The molecule has 0 aliphatic rings. The second-order valence-electron chi connectivity index (χ2n) is 6.28. The Labute approximate surface area is 162 Å². The first-order valence-corrected chi connectivity index (χ1v) is 8.78. The van der Waals surface area contributed by atoms with E-state index in [1.54, 1.807) is 14.2 Å². The van der Waals surface area contributed by atoms with E-state index in [-0.39, 0.29) is 0 Å². The molecule has 0 atom stereocenters. The average molecular weight is 373 g/mol. The normalized spacial score (nSPS) is 10.7. The van der Waals surface area contributed by atoms with Crippen LogP contribution in [0.25, 0.3) is 34.1 Å². The number of methoxy groups -OCH3 is 2. The molecular weight excluding hydrogens is 354 g/mol. The molecule has 0 fully saturated rings. The van der Waals surface area contributed by atoms with Gasteiger partial charge in [0.05, 0.1) is 25.5 Å². The number of ether oxygens (including phenoxy) is 2. The minimum Gasteiger partial charge on any atom is -0.497 e. The van der Waals surface area contributed by atoms with Crippen molar-refractivity contribution in [2.45, 2.75) is 6.92 Å². The van der Waals surface area contributed by atoms with Crippen molar-refractivity contribution in [1.29, 1.82) is 0 Å². The first-order valence-electron chi connectivity index (χ1n) is 8.78. The summed E-state index contributed by atoms with van der Waals surface area (Å²) < 4.78 is 16.2. The van der Waals surface area contributed by atoms with E-state index in [4.69, 9.17) is 14.0 Å². The largest absolute Gasteiger partial charge is 0.497 e. The van der Waals surface area contributed by atoms with Crippen molar-refractivity contribution in [3.05, 3.63) is 66.2 Å². The number of hydrogen-bond donors (Lipinski definition) is 0. The lowest BCUT2D eigenvalue weighted by atomic mass is 10.1. The highest BCUT2D eigenvalue weighted by Gasteiger charge is 2.17. The minimum absolute atomic E-state index is 0.428. The fourth-order valence-electron chi connectivity index (χ4n) is 2.94. The molecule has 140 valence electrons. The van der Waals surface area contributed by atoms with Crippen LogP contribution in [0, 0.1) is 6.92 Å². The third-order valence-electron chi connectivity index (χ3n) is 4.35. The Balaban J connectivity index is 1.71. The van der Waals surface area contributed by atoms with Crippen molar-refractivity contribution < 1.29 is 14.0 Å². The molecule has 0 spiro atoms. The fourth-order valence-corrected chi connectivity index (χ4v) is 2.94. The third kappa shape index (κ3) is 3.44. The van der Waals surface area contributed by atoms with Crippen LogP contribution in [0.5, 0.6) is 11.6 Å². The van der Waals surface area contributed by atoms with Crippen LogP contribution >= 0.6 is 0 Å². The quantitative estimate of drug-likeness (QED) is 0.501. The predicted molar refractivity (Wildman–Crippen MR) is 106 cm³/mol. The van der Waals surface area contributed by atoms with Crippen molar-refractivity contribution >= 4 is 0 Å². The summed E-state index contributed by atoms with van der Waals surface area (Å²) in [5, 5.41) is 4.10. The number of aromatic nitrogens is 3. The van der Waals surface area contributed by atoms with Gasteiger partial charge in [-0.2, -0.15) is 4.98 Å². The Morgan fingerprint density at radius 2 is 1.64 bits per heavy atom. The van der Waals surface area contributed by atoms with Gasteiger partial charge in [0.15, 0.2) is 0 Å². The molecule has 28 heavy (non-hydrogen) atoms. The number of hydrogen-bond acceptors (Lipinski definition) is 6. The number of aryl methyl sites for hydroxylation is 1. The molecule has 0 amide bonds. The van der Waals surface area contributed by atoms with Gasteiger partial charge in [0.2, 0.25) is 11.7 Å². The lowest BCUT2D eigenvalue weighted by Gasteiger charge is -2.08. The van der Waals surface area contributed by atoms with Crippen LogP contribution in [0.15, 0.2) is 65.2 Å². The van der Waals surface area contributed by atoms with Crippen molar-refractivity contribution in [3.63, 3.8) is 0 Å². The summed E-state index contributed by atoms with van der Waals surface area (Å²) >= 11 is 0. The second kappa shape index (κ2) is 7.52. The van der Waals surface area contributed by atoms with E-state index < -0.39 is 0 Å². The zero-order valence-corrected chi connectivity index (χ0v) is 15.8. The molecule has 0 unspecified atom stereocenters. The van der Waals surface area contributed by atoms with Gasteiger partial charge in [-0.25, -0.2) is 4.98 Å². The van der Waals surface area contributed by atoms with E-state index in [2.05, 4.69) is 15.1 Å². The SMILES string of the molecule is COc1cccc(-c2ccc(-c3noc(-c4cccc(C)c4)n3)c(OC)n2)c1. The minimum atomic E-state index is 0.428. The molecule has 2 aromatic carbocycles. The van der Waals surface area contributed by atoms with Crippen LogP contribution in [0.1, 0.15) is 5.56 Å². The van der Waals surface area contributed by atoms with Gasteiger partial charge in [0, 0.05) is 11.1 Å². The van der Waals surface area contributed by atoms with E-state index in [1.807, 2.05) is 67.6 Å². The van der Waals surface area contributed by atoms with Gasteiger partial charge < -0.3 is 14.0 Å². The summed E-state index contributed by atoms with van der Waals surface area (Å²) in [5.41, 5.74) is 4.36. The van der Waals surface area contributed by atoms with Crippen molar-refractivity contribution in [2.24, 2.45) is 0 Å². The van der Waals surface area contributed by atoms with Crippen LogP contribution in [0.3, 0.4) is 0 Å². The van der Waals surface area contributed by atoms with Crippen molar-refractivity contribution in [3.8, 4) is 45.7 Å². The average Bonchev–Trinajstić information content (AvgIpc) is 3.23. The van der Waals surface area contributed by atoms with Crippen LogP contribution in [-0.4, -0.2) is 29.3 Å². The first kappa shape index (κ1) is 17.7. The Bertz CT molecular complexity index is 1120. The smallest absolute Gasteiger partial charge is 0.258 e. The molecule has 6 nitrogen and oxygen atoms in total. The molecule has 4 rings (SSSR count). The Morgan fingerprint density at radius 3 is 2.43 bits per heavy atom. The third-order valence-corrected chi connectivity index (χ3v) is 4.35. The molecule has 4 aromatic rings. The van der Waals surface area contributed by atoms with Gasteiger partial charge in [-0.1, -0.05) is 35.0 Å². The van der Waals surface area contributed by atoms with Gasteiger partial charge in [0.1, 0.15) is 5.75 Å². The number of benzene rings is 2. The van der Waals surface area contributed by atoms with E-state index in [0.717, 1.165) is 28.1 Å². The summed E-state index contributed by atoms with van der Waals surface area (Å²) in [6.07, 6.45) is 0. The van der Waals surface area contributed by atoms with Crippen LogP contribution in [-0.2, 0) is 0 Å². The Hall–Kier alpha value is -3.67. The molecule has 2 aromatic heterocycles. The van der Waals surface area contributed by atoms with Gasteiger partial charge in [-0.3, -0.25) is 0 Å². The van der Waals surface area contributed by atoms with Gasteiger partial charge >= 0.3 is 0 Å². The molecule has 6 heteroatoms. The lowest BCUT2D eigenvalue weighted by molar-refractivity contribution is 0.398. The van der Waals surface area contributed by atoms with E-state index in [0.29, 0.717) is 23.2 Å². The fraction of sp³-hybridized carbons (Fsp3) is 0.136. The monoisotopic (exact) mass is 373 g/mol. The van der Waals surface area contributed by atoms with Crippen molar-refractivity contribution in [2.75, 3.05) is 14.2 Å². The Morgan fingerprint density at radius 1 is 0.821 bits per heavy atom. The standard InChI is InChI=1S/C22H19N3O3/c1-14-6-4-8-16(12-14)21-24-20(25-28-21)18-10-11-19(23-22(18)27-3)15-7-5-9-17(13-15)26-2/h4-13H,1-3H3. The van der Waals surface area contributed by atoms with Crippen LogP contribution < -0.4 is 9.47 Å². The Kier molecular flexibility index (Phi) is 4.76. The summed E-state index contributed by atoms with van der Waals surface area (Å²) in [4.78, 5) is 9.12. The maximum atomic E-state index is 5.49. The molecule has 0 bridgehead atoms. The van der Waals surface area contributed by atoms with E-state index in [9.17, 15) is 0 Å². The molecule has 2 heterocycles. The van der Waals surface area contributed by atoms with Gasteiger partial charge in [-0.05, 0) is 43.3 Å². The summed E-state index contributed by atoms with van der Waals surface area (Å²) in [6.45, 7) is 2.02. The maximum Gasteiger partial charge on any atom is 0.258 e. The van der Waals surface area contributed by atoms with E-state index in [1.165, 1.54) is 0 Å². The summed E-state index contributed by atoms with van der Waals surface area (Å²) in [5.74, 6) is 2.08. The highest BCUT2D eigenvalue weighted by atomic mass is 16.5. The van der Waals surface area contributed by atoms with Crippen molar-refractivity contribution in [1.82, 2.24) is 15.1 Å². The molecule has 0 aliphatic carbocycles. The number of rotatable bonds is 5. The van der Waals surface area contributed by atoms with E-state index >= 15 is 0 Å². The predicted octanol–water partition coefficient (Wildman–Crippen LogP) is 4.79. The maximum absolute atomic E-state index is 5.49. The second-order valence-corrected chi connectivity index (χ2v) is 6.28. The van der Waals surface area contributed by atoms with Crippen LogP contribution in [0.2, 0.25) is 0 Å². The molecule has 0 saturated heterocycles. The molecule has 0 N–H and O–H groups in total. The topological polar surface area (TPSA) is 70.3 Å². The number of nitrogens with zero attached hydrogens (tertiary/aromatic N) is 3. The molecular formula is C22H19N3O3. The zero-order chi connectivity index (χ0) is 19.5. The highest BCUT2D eigenvalue weighted by molar-refractivity contribution is 5.69. The van der Waals surface area contributed by atoms with Crippen LogP contribution in [0.4, 0.5) is 0 Å². The zero-order valence-electron chi connectivity index (χ0n) is 15.8. The number of pyridine rings is 1. The highest BCUT2D eigenvalue weighted by Crippen LogP contribution is 2.32. The van der Waals surface area contributed by atoms with Gasteiger partial charge in [0.25, 0.3) is 5.89 Å². The molecule has 0 radical (unpaired) electrons. The van der Waals surface area contributed by atoms with Gasteiger partial charge in [-0.15, -0.1) is 0 Å². The lowest BCUT2D eigenvalue weighted by Crippen LogP contribution is -1.95. The molecule has 0 saturated carbocycles.